The third-order valence-corrected chi connectivity index (χ3v) is 2.95. The van der Waals surface area contributed by atoms with E-state index in [1.54, 1.807) is 12.3 Å². The average molecular weight is 271 g/mol. The van der Waals surface area contributed by atoms with Crippen LogP contribution in [0.25, 0.3) is 0 Å². The highest BCUT2D eigenvalue weighted by Gasteiger charge is 2.16. The number of anilines is 1. The van der Waals surface area contributed by atoms with Crippen LogP contribution in [0.2, 0.25) is 0 Å². The van der Waals surface area contributed by atoms with Crippen molar-refractivity contribution in [2.75, 3.05) is 18.0 Å². The molecule has 1 aliphatic rings. The fraction of sp³-hybridized carbons (Fsp3) is 0.364. The Bertz CT molecular complexity index is 404. The summed E-state index contributed by atoms with van der Waals surface area (Å²) in [4.78, 5) is 6.26. The van der Waals surface area contributed by atoms with E-state index in [9.17, 15) is 4.39 Å². The molecule has 1 aromatic heterocycles. The summed E-state index contributed by atoms with van der Waals surface area (Å²) in [5, 5.41) is 0. The first kappa shape index (κ1) is 10.6. The van der Waals surface area contributed by atoms with Crippen molar-refractivity contribution in [3.63, 3.8) is 0 Å². The average Bonchev–Trinajstić information content (AvgIpc) is 2.17. The van der Waals surface area contributed by atoms with Crippen molar-refractivity contribution < 1.29 is 4.39 Å². The third kappa shape index (κ3) is 2.37. The highest BCUT2D eigenvalue weighted by atomic mass is 79.9. The molecule has 0 saturated carbocycles. The smallest absolute Gasteiger partial charge is 0.143 e. The Balaban J connectivity index is 2.26. The van der Waals surface area contributed by atoms with Crippen molar-refractivity contribution in [2.24, 2.45) is 0 Å². The van der Waals surface area contributed by atoms with Gasteiger partial charge in [0.1, 0.15) is 11.6 Å². The number of hydrogen-bond acceptors (Lipinski definition) is 2. The number of rotatable bonds is 1. The highest BCUT2D eigenvalue weighted by Crippen LogP contribution is 2.27. The molecule has 2 heterocycles. The van der Waals surface area contributed by atoms with Crippen LogP contribution >= 0.6 is 15.9 Å². The van der Waals surface area contributed by atoms with Crippen molar-refractivity contribution in [1.82, 2.24) is 4.98 Å². The minimum atomic E-state index is -0.0736. The fourth-order valence-corrected chi connectivity index (χ4v) is 2.36. The van der Waals surface area contributed by atoms with Crippen LogP contribution in [0.5, 0.6) is 0 Å². The molecule has 15 heavy (non-hydrogen) atoms. The van der Waals surface area contributed by atoms with E-state index in [4.69, 9.17) is 0 Å². The largest absolute Gasteiger partial charge is 0.349 e. The summed E-state index contributed by atoms with van der Waals surface area (Å²) in [6, 6.07) is 2.00. The number of aryl methyl sites for hydroxylation is 1. The maximum absolute atomic E-state index is 13.1. The number of halogens is 2. The van der Waals surface area contributed by atoms with E-state index in [0.29, 0.717) is 6.54 Å². The zero-order valence-electron chi connectivity index (χ0n) is 8.50. The van der Waals surface area contributed by atoms with E-state index < -0.39 is 0 Å². The predicted octanol–water partition coefficient (Wildman–Crippen LogP) is 3.22. The molecule has 2 nitrogen and oxygen atoms in total. The normalized spacial score (nSPS) is 16.5. The second-order valence-corrected chi connectivity index (χ2v) is 4.53. The summed E-state index contributed by atoms with van der Waals surface area (Å²) in [5.74, 6) is 0.749. The fourth-order valence-electron chi connectivity index (χ4n) is 1.64. The van der Waals surface area contributed by atoms with Gasteiger partial charge in [-0.25, -0.2) is 9.37 Å². The molecule has 80 valence electrons. The molecule has 0 aliphatic carbocycles. The Labute approximate surface area is 96.9 Å². The van der Waals surface area contributed by atoms with Gasteiger partial charge in [0.15, 0.2) is 0 Å². The van der Waals surface area contributed by atoms with Gasteiger partial charge in [-0.1, -0.05) is 0 Å². The number of pyridine rings is 1. The zero-order chi connectivity index (χ0) is 10.8. The number of aromatic nitrogens is 1. The van der Waals surface area contributed by atoms with Crippen LogP contribution in [0.3, 0.4) is 0 Å². The van der Waals surface area contributed by atoms with Gasteiger partial charge in [-0.15, -0.1) is 0 Å². The Morgan fingerprint density at radius 2 is 2.33 bits per heavy atom. The first-order valence-corrected chi connectivity index (χ1v) is 5.68. The SMILES string of the molecule is Cc1cnc(N2CCC=C(F)C2)c(Br)c1. The van der Waals surface area contributed by atoms with Crippen molar-refractivity contribution in [3.05, 3.63) is 34.2 Å². The summed E-state index contributed by atoms with van der Waals surface area (Å²) in [5.41, 5.74) is 1.10. The second-order valence-electron chi connectivity index (χ2n) is 3.68. The van der Waals surface area contributed by atoms with E-state index in [0.717, 1.165) is 28.8 Å². The minimum absolute atomic E-state index is 0.0736. The molecule has 1 aromatic rings. The molecule has 0 bridgehead atoms. The summed E-state index contributed by atoms with van der Waals surface area (Å²) < 4.78 is 14.0. The Morgan fingerprint density at radius 3 is 3.00 bits per heavy atom. The molecule has 0 saturated heterocycles. The van der Waals surface area contributed by atoms with Crippen molar-refractivity contribution in [1.29, 1.82) is 0 Å². The van der Waals surface area contributed by atoms with Crippen LogP contribution in [0.15, 0.2) is 28.6 Å². The van der Waals surface area contributed by atoms with Crippen molar-refractivity contribution >= 4 is 21.7 Å². The molecular formula is C11H12BrFN2. The van der Waals surface area contributed by atoms with E-state index >= 15 is 0 Å². The van der Waals surface area contributed by atoms with Gasteiger partial charge in [0.25, 0.3) is 0 Å². The van der Waals surface area contributed by atoms with E-state index in [2.05, 4.69) is 20.9 Å². The van der Waals surface area contributed by atoms with E-state index in [1.165, 1.54) is 0 Å². The van der Waals surface area contributed by atoms with Crippen molar-refractivity contribution in [3.8, 4) is 0 Å². The molecule has 0 spiro atoms. The van der Waals surface area contributed by atoms with E-state index in [-0.39, 0.29) is 5.83 Å². The number of nitrogens with zero attached hydrogens (tertiary/aromatic N) is 2. The molecule has 0 fully saturated rings. The first-order chi connectivity index (χ1) is 7.16. The quantitative estimate of drug-likeness (QED) is 0.779. The Kier molecular flexibility index (Phi) is 3.05. The van der Waals surface area contributed by atoms with Gasteiger partial charge in [0.05, 0.1) is 11.0 Å². The Morgan fingerprint density at radius 1 is 1.53 bits per heavy atom. The molecule has 0 unspecified atom stereocenters. The highest BCUT2D eigenvalue weighted by molar-refractivity contribution is 9.10. The monoisotopic (exact) mass is 270 g/mol. The number of hydrogen-bond donors (Lipinski definition) is 0. The standard InChI is InChI=1S/C11H12BrFN2/c1-8-5-10(12)11(14-6-8)15-4-2-3-9(13)7-15/h3,5-6H,2,4,7H2,1H3. The summed E-state index contributed by atoms with van der Waals surface area (Å²) in [6.07, 6.45) is 4.18. The topological polar surface area (TPSA) is 16.1 Å². The second kappa shape index (κ2) is 4.31. The lowest BCUT2D eigenvalue weighted by atomic mass is 10.2. The third-order valence-electron chi connectivity index (χ3n) is 2.36. The molecule has 0 amide bonds. The predicted molar refractivity (Wildman–Crippen MR) is 62.7 cm³/mol. The van der Waals surface area contributed by atoms with Gasteiger partial charge in [-0.2, -0.15) is 0 Å². The lowest BCUT2D eigenvalue weighted by molar-refractivity contribution is 0.572. The summed E-state index contributed by atoms with van der Waals surface area (Å²) in [7, 11) is 0. The first-order valence-electron chi connectivity index (χ1n) is 4.88. The van der Waals surface area contributed by atoms with Crippen LogP contribution in [-0.4, -0.2) is 18.1 Å². The van der Waals surface area contributed by atoms with E-state index in [1.807, 2.05) is 17.9 Å². The molecule has 1 aliphatic heterocycles. The summed E-state index contributed by atoms with van der Waals surface area (Å²) >= 11 is 3.46. The maximum Gasteiger partial charge on any atom is 0.143 e. The van der Waals surface area contributed by atoms with Gasteiger partial charge in [-0.05, 0) is 47.0 Å². The summed E-state index contributed by atoms with van der Waals surface area (Å²) in [6.45, 7) is 3.13. The minimum Gasteiger partial charge on any atom is -0.349 e. The molecule has 2 rings (SSSR count). The van der Waals surface area contributed by atoms with Gasteiger partial charge in [0, 0.05) is 12.7 Å². The molecular weight excluding hydrogens is 259 g/mol. The molecule has 0 N–H and O–H groups in total. The lowest BCUT2D eigenvalue weighted by Crippen LogP contribution is -2.29. The van der Waals surface area contributed by atoms with Crippen LogP contribution in [0, 0.1) is 6.92 Å². The zero-order valence-corrected chi connectivity index (χ0v) is 10.1. The van der Waals surface area contributed by atoms with Crippen LogP contribution < -0.4 is 4.90 Å². The van der Waals surface area contributed by atoms with Crippen LogP contribution in [-0.2, 0) is 0 Å². The van der Waals surface area contributed by atoms with Gasteiger partial charge in [-0.3, -0.25) is 0 Å². The Hall–Kier alpha value is -0.900. The van der Waals surface area contributed by atoms with Crippen LogP contribution in [0.4, 0.5) is 10.2 Å². The van der Waals surface area contributed by atoms with Gasteiger partial charge < -0.3 is 4.90 Å². The molecule has 0 radical (unpaired) electrons. The lowest BCUT2D eigenvalue weighted by Gasteiger charge is -2.26. The molecule has 0 aromatic carbocycles. The molecule has 4 heteroatoms. The van der Waals surface area contributed by atoms with Crippen molar-refractivity contribution in [2.45, 2.75) is 13.3 Å². The molecule has 0 atom stereocenters. The van der Waals surface area contributed by atoms with Crippen LogP contribution in [0.1, 0.15) is 12.0 Å². The van der Waals surface area contributed by atoms with Gasteiger partial charge in [0.2, 0.25) is 0 Å². The van der Waals surface area contributed by atoms with Gasteiger partial charge >= 0.3 is 0 Å². The maximum atomic E-state index is 13.1.